The highest BCUT2D eigenvalue weighted by atomic mass is 16.3. The van der Waals surface area contributed by atoms with E-state index in [1.165, 1.54) is 19.5 Å². The second-order valence-corrected chi connectivity index (χ2v) is 6.53. The number of hydrogen-bond acceptors (Lipinski definition) is 4. The topological polar surface area (TPSA) is 52.7 Å². The van der Waals surface area contributed by atoms with Crippen molar-refractivity contribution >= 4 is 0 Å². The fourth-order valence-corrected chi connectivity index (χ4v) is 3.20. The van der Waals surface area contributed by atoms with Crippen LogP contribution in [0.2, 0.25) is 0 Å². The van der Waals surface area contributed by atoms with E-state index in [2.05, 4.69) is 23.9 Å². The molecule has 1 fully saturated rings. The molecule has 0 amide bonds. The van der Waals surface area contributed by atoms with Gasteiger partial charge >= 0.3 is 0 Å². The molecule has 1 heterocycles. The van der Waals surface area contributed by atoms with Crippen molar-refractivity contribution in [2.75, 3.05) is 46.8 Å². The van der Waals surface area contributed by atoms with Crippen molar-refractivity contribution in [2.45, 2.75) is 18.4 Å². The zero-order chi connectivity index (χ0) is 15.3. The van der Waals surface area contributed by atoms with Crippen LogP contribution in [0.5, 0.6) is 0 Å². The van der Waals surface area contributed by atoms with E-state index < -0.39 is 5.60 Å². The molecule has 0 aliphatic carbocycles. The Kier molecular flexibility index (Phi) is 5.76. The van der Waals surface area contributed by atoms with Crippen molar-refractivity contribution in [3.63, 3.8) is 0 Å². The summed E-state index contributed by atoms with van der Waals surface area (Å²) in [6.07, 6.45) is 1.95. The van der Waals surface area contributed by atoms with Gasteiger partial charge in [0.1, 0.15) is 5.60 Å². The fourth-order valence-electron chi connectivity index (χ4n) is 3.20. The van der Waals surface area contributed by atoms with E-state index in [0.29, 0.717) is 6.42 Å². The van der Waals surface area contributed by atoms with Gasteiger partial charge in [-0.3, -0.25) is 0 Å². The Morgan fingerprint density at radius 3 is 2.67 bits per heavy atom. The van der Waals surface area contributed by atoms with Gasteiger partial charge in [-0.05, 0) is 45.0 Å². The van der Waals surface area contributed by atoms with E-state index in [9.17, 15) is 5.11 Å². The second-order valence-electron chi connectivity index (χ2n) is 6.53. The van der Waals surface area contributed by atoms with Crippen molar-refractivity contribution in [2.24, 2.45) is 11.7 Å². The number of hydrogen-bond donors (Lipinski definition) is 2. The highest BCUT2D eigenvalue weighted by Crippen LogP contribution is 2.24. The van der Waals surface area contributed by atoms with Crippen LogP contribution in [0.15, 0.2) is 30.3 Å². The molecule has 4 nitrogen and oxygen atoms in total. The lowest BCUT2D eigenvalue weighted by atomic mass is 9.90. The summed E-state index contributed by atoms with van der Waals surface area (Å²) in [5, 5.41) is 10.8. The maximum atomic E-state index is 10.8. The number of likely N-dealkylation sites (tertiary alicyclic amines) is 1. The highest BCUT2D eigenvalue weighted by Gasteiger charge is 2.28. The first-order valence-electron chi connectivity index (χ1n) is 7.88. The van der Waals surface area contributed by atoms with Crippen LogP contribution in [0.4, 0.5) is 0 Å². The first-order chi connectivity index (χ1) is 10.0. The summed E-state index contributed by atoms with van der Waals surface area (Å²) in [6.45, 7) is 4.61. The van der Waals surface area contributed by atoms with Gasteiger partial charge in [-0.25, -0.2) is 0 Å². The van der Waals surface area contributed by atoms with Crippen molar-refractivity contribution in [3.8, 4) is 0 Å². The van der Waals surface area contributed by atoms with Crippen LogP contribution in [-0.2, 0) is 5.60 Å². The summed E-state index contributed by atoms with van der Waals surface area (Å²) >= 11 is 0. The molecule has 0 radical (unpaired) electrons. The number of aliphatic hydroxyl groups is 1. The quantitative estimate of drug-likeness (QED) is 0.790. The van der Waals surface area contributed by atoms with Crippen molar-refractivity contribution in [3.05, 3.63) is 35.9 Å². The average molecular weight is 291 g/mol. The van der Waals surface area contributed by atoms with Crippen LogP contribution < -0.4 is 5.73 Å². The standard InChI is InChI=1S/C17H29N3O/c1-19-10-8-15(12-19)13-20(2)11-9-17(21,14-18)16-6-4-3-5-7-16/h3-7,15,21H,8-14,18H2,1-2H3. The van der Waals surface area contributed by atoms with Crippen LogP contribution in [-0.4, -0.2) is 61.7 Å². The van der Waals surface area contributed by atoms with Gasteiger partial charge in [-0.2, -0.15) is 0 Å². The Labute approximate surface area is 128 Å². The predicted molar refractivity (Wildman–Crippen MR) is 87.1 cm³/mol. The van der Waals surface area contributed by atoms with E-state index in [1.807, 2.05) is 30.3 Å². The lowest BCUT2D eigenvalue weighted by Gasteiger charge is -2.30. The number of rotatable bonds is 7. The Hall–Kier alpha value is -0.940. The molecule has 3 N–H and O–H groups in total. The van der Waals surface area contributed by atoms with Gasteiger partial charge in [0, 0.05) is 26.2 Å². The van der Waals surface area contributed by atoms with Crippen LogP contribution in [0, 0.1) is 5.92 Å². The second kappa shape index (κ2) is 7.36. The third kappa shape index (κ3) is 4.51. The van der Waals surface area contributed by atoms with Gasteiger partial charge in [-0.15, -0.1) is 0 Å². The first-order valence-corrected chi connectivity index (χ1v) is 7.88. The lowest BCUT2D eigenvalue weighted by Crippen LogP contribution is -2.39. The van der Waals surface area contributed by atoms with Gasteiger partial charge in [0.25, 0.3) is 0 Å². The molecule has 2 rings (SSSR count). The van der Waals surface area contributed by atoms with Crippen LogP contribution in [0.3, 0.4) is 0 Å². The maximum absolute atomic E-state index is 10.8. The maximum Gasteiger partial charge on any atom is 0.103 e. The molecule has 0 spiro atoms. The monoisotopic (exact) mass is 291 g/mol. The Balaban J connectivity index is 1.85. The Morgan fingerprint density at radius 2 is 2.10 bits per heavy atom. The van der Waals surface area contributed by atoms with Gasteiger partial charge in [-0.1, -0.05) is 30.3 Å². The molecule has 0 aromatic heterocycles. The third-order valence-corrected chi connectivity index (χ3v) is 4.61. The van der Waals surface area contributed by atoms with Crippen molar-refractivity contribution < 1.29 is 5.11 Å². The normalized spacial score (nSPS) is 22.6. The van der Waals surface area contributed by atoms with Crippen LogP contribution in [0.25, 0.3) is 0 Å². The number of benzene rings is 1. The largest absolute Gasteiger partial charge is 0.384 e. The van der Waals surface area contributed by atoms with Crippen molar-refractivity contribution in [1.82, 2.24) is 9.80 Å². The van der Waals surface area contributed by atoms with E-state index >= 15 is 0 Å². The lowest BCUT2D eigenvalue weighted by molar-refractivity contribution is 0.0269. The fraction of sp³-hybridized carbons (Fsp3) is 0.647. The summed E-state index contributed by atoms with van der Waals surface area (Å²) in [4.78, 5) is 4.71. The summed E-state index contributed by atoms with van der Waals surface area (Å²) in [5.74, 6) is 0.752. The summed E-state index contributed by atoms with van der Waals surface area (Å²) < 4.78 is 0. The molecule has 1 saturated heterocycles. The van der Waals surface area contributed by atoms with Gasteiger partial charge in [0.15, 0.2) is 0 Å². The summed E-state index contributed by atoms with van der Waals surface area (Å²) in [6, 6.07) is 9.78. The SMILES string of the molecule is CN1CCC(CN(C)CCC(O)(CN)c2ccccc2)C1. The molecule has 2 atom stereocenters. The molecular formula is C17H29N3O. The van der Waals surface area contributed by atoms with Gasteiger partial charge in [0.2, 0.25) is 0 Å². The van der Waals surface area contributed by atoms with Gasteiger partial charge in [0.05, 0.1) is 0 Å². The molecule has 4 heteroatoms. The van der Waals surface area contributed by atoms with Crippen LogP contribution in [0.1, 0.15) is 18.4 Å². The molecule has 2 unspecified atom stereocenters. The minimum atomic E-state index is -0.915. The minimum absolute atomic E-state index is 0.261. The molecule has 1 aliphatic heterocycles. The van der Waals surface area contributed by atoms with E-state index in [-0.39, 0.29) is 6.54 Å². The van der Waals surface area contributed by atoms with Crippen molar-refractivity contribution in [1.29, 1.82) is 0 Å². The van der Waals surface area contributed by atoms with E-state index in [1.54, 1.807) is 0 Å². The Morgan fingerprint density at radius 1 is 1.38 bits per heavy atom. The molecule has 0 bridgehead atoms. The smallest absolute Gasteiger partial charge is 0.103 e. The minimum Gasteiger partial charge on any atom is -0.384 e. The van der Waals surface area contributed by atoms with Crippen LogP contribution >= 0.6 is 0 Å². The zero-order valence-electron chi connectivity index (χ0n) is 13.3. The zero-order valence-corrected chi connectivity index (χ0v) is 13.3. The van der Waals surface area contributed by atoms with Gasteiger partial charge < -0.3 is 20.6 Å². The highest BCUT2D eigenvalue weighted by molar-refractivity contribution is 5.22. The molecule has 0 saturated carbocycles. The molecule has 1 aromatic carbocycles. The Bertz CT molecular complexity index is 425. The molecular weight excluding hydrogens is 262 g/mol. The molecule has 1 aliphatic rings. The predicted octanol–water partition coefficient (Wildman–Crippen LogP) is 1.11. The molecule has 1 aromatic rings. The number of nitrogens with zero attached hydrogens (tertiary/aromatic N) is 2. The van der Waals surface area contributed by atoms with E-state index in [0.717, 1.165) is 24.6 Å². The average Bonchev–Trinajstić information content (AvgIpc) is 2.91. The number of nitrogens with two attached hydrogens (primary N) is 1. The molecule has 21 heavy (non-hydrogen) atoms. The summed E-state index contributed by atoms with van der Waals surface area (Å²) in [7, 11) is 4.32. The van der Waals surface area contributed by atoms with E-state index in [4.69, 9.17) is 5.73 Å². The third-order valence-electron chi connectivity index (χ3n) is 4.61. The summed E-state index contributed by atoms with van der Waals surface area (Å²) in [5.41, 5.74) is 5.84. The first kappa shape index (κ1) is 16.4. The molecule has 118 valence electrons.